The van der Waals surface area contributed by atoms with Gasteiger partial charge < -0.3 is 14.8 Å². The minimum Gasteiger partial charge on any atom is -0.497 e. The third kappa shape index (κ3) is 4.23. The van der Waals surface area contributed by atoms with Crippen molar-refractivity contribution in [3.8, 4) is 11.5 Å². The molecule has 3 rings (SSSR count). The Hall–Kier alpha value is -2.60. The van der Waals surface area contributed by atoms with Gasteiger partial charge in [-0.15, -0.1) is 10.2 Å². The minimum atomic E-state index is 0.632. The smallest absolute Gasteiger partial charge is 0.205 e. The van der Waals surface area contributed by atoms with E-state index in [2.05, 4.69) is 27.6 Å². The fourth-order valence-electron chi connectivity index (χ4n) is 2.31. The summed E-state index contributed by atoms with van der Waals surface area (Å²) < 4.78 is 10.6. The summed E-state index contributed by atoms with van der Waals surface area (Å²) in [6.07, 6.45) is 0.799. The highest BCUT2D eigenvalue weighted by Gasteiger charge is 2.06. The van der Waals surface area contributed by atoms with Crippen molar-refractivity contribution in [1.82, 2.24) is 10.2 Å². The Morgan fingerprint density at radius 3 is 2.29 bits per heavy atom. The normalized spacial score (nSPS) is 10.4. The molecule has 6 heteroatoms. The molecule has 0 saturated carbocycles. The van der Waals surface area contributed by atoms with Crippen LogP contribution in [0, 0.1) is 0 Å². The van der Waals surface area contributed by atoms with Crippen molar-refractivity contribution < 1.29 is 9.47 Å². The van der Waals surface area contributed by atoms with Crippen LogP contribution in [-0.2, 0) is 13.0 Å². The molecule has 1 N–H and O–H groups in total. The van der Waals surface area contributed by atoms with E-state index in [9.17, 15) is 0 Å². The molecule has 0 aliphatic carbocycles. The molecule has 0 saturated heterocycles. The molecule has 0 bridgehead atoms. The van der Waals surface area contributed by atoms with E-state index >= 15 is 0 Å². The van der Waals surface area contributed by atoms with Gasteiger partial charge in [0.05, 0.1) is 14.2 Å². The number of hydrogen-bond acceptors (Lipinski definition) is 6. The lowest BCUT2D eigenvalue weighted by Crippen LogP contribution is -2.00. The number of hydrogen-bond donors (Lipinski definition) is 1. The number of nitrogens with zero attached hydrogens (tertiary/aromatic N) is 2. The van der Waals surface area contributed by atoms with E-state index in [0.717, 1.165) is 33.6 Å². The lowest BCUT2D eigenvalue weighted by Gasteiger charge is -2.08. The maximum Gasteiger partial charge on any atom is 0.205 e. The van der Waals surface area contributed by atoms with Crippen LogP contribution in [0.3, 0.4) is 0 Å². The first-order chi connectivity index (χ1) is 11.8. The van der Waals surface area contributed by atoms with Gasteiger partial charge in [-0.3, -0.25) is 0 Å². The number of rotatable bonds is 7. The molecular formula is C18H19N3O2S. The molecule has 124 valence electrons. The average molecular weight is 341 g/mol. The first-order valence-electron chi connectivity index (χ1n) is 7.59. The fourth-order valence-corrected chi connectivity index (χ4v) is 3.08. The summed E-state index contributed by atoms with van der Waals surface area (Å²) in [4.78, 5) is 0. The summed E-state index contributed by atoms with van der Waals surface area (Å²) >= 11 is 1.57. The van der Waals surface area contributed by atoms with Crippen molar-refractivity contribution in [3.63, 3.8) is 0 Å². The van der Waals surface area contributed by atoms with Gasteiger partial charge in [-0.25, -0.2) is 0 Å². The summed E-state index contributed by atoms with van der Waals surface area (Å²) in [6.45, 7) is 0.632. The van der Waals surface area contributed by atoms with Gasteiger partial charge in [-0.05, 0) is 23.3 Å². The number of ether oxygens (including phenoxy) is 2. The van der Waals surface area contributed by atoms with Gasteiger partial charge in [0.15, 0.2) is 0 Å². The zero-order chi connectivity index (χ0) is 16.8. The Morgan fingerprint density at radius 2 is 1.62 bits per heavy atom. The predicted molar refractivity (Wildman–Crippen MR) is 96.0 cm³/mol. The molecule has 3 aromatic rings. The number of aromatic nitrogens is 2. The van der Waals surface area contributed by atoms with Gasteiger partial charge in [0.2, 0.25) is 5.13 Å². The van der Waals surface area contributed by atoms with Crippen LogP contribution in [0.1, 0.15) is 16.1 Å². The van der Waals surface area contributed by atoms with E-state index in [-0.39, 0.29) is 0 Å². The van der Waals surface area contributed by atoms with Crippen molar-refractivity contribution in [2.75, 3.05) is 19.5 Å². The quantitative estimate of drug-likeness (QED) is 0.709. The molecule has 0 radical (unpaired) electrons. The fraction of sp³-hybridized carbons (Fsp3) is 0.222. The van der Waals surface area contributed by atoms with Crippen LogP contribution in [0.5, 0.6) is 11.5 Å². The van der Waals surface area contributed by atoms with Crippen LogP contribution >= 0.6 is 11.3 Å². The van der Waals surface area contributed by atoms with E-state index in [1.165, 1.54) is 5.56 Å². The molecule has 1 heterocycles. The molecular weight excluding hydrogens is 322 g/mol. The third-order valence-corrected chi connectivity index (χ3v) is 4.40. The second-order valence-corrected chi connectivity index (χ2v) is 6.30. The van der Waals surface area contributed by atoms with Crippen LogP contribution in [-0.4, -0.2) is 24.4 Å². The molecule has 0 fully saturated rings. The number of methoxy groups -OCH3 is 2. The Labute approximate surface area is 145 Å². The van der Waals surface area contributed by atoms with Gasteiger partial charge >= 0.3 is 0 Å². The highest BCUT2D eigenvalue weighted by molar-refractivity contribution is 7.15. The largest absolute Gasteiger partial charge is 0.497 e. The van der Waals surface area contributed by atoms with E-state index in [1.54, 1.807) is 25.6 Å². The van der Waals surface area contributed by atoms with Crippen LogP contribution in [0.2, 0.25) is 0 Å². The predicted octanol–water partition coefficient (Wildman–Crippen LogP) is 3.76. The van der Waals surface area contributed by atoms with Crippen molar-refractivity contribution in [1.29, 1.82) is 0 Å². The van der Waals surface area contributed by atoms with Crippen molar-refractivity contribution in [2.24, 2.45) is 0 Å². The van der Waals surface area contributed by atoms with Crippen molar-refractivity contribution in [3.05, 3.63) is 64.7 Å². The number of benzene rings is 2. The van der Waals surface area contributed by atoms with E-state index in [1.807, 2.05) is 36.4 Å². The number of anilines is 1. The highest BCUT2D eigenvalue weighted by Crippen LogP contribution is 2.24. The zero-order valence-corrected chi connectivity index (χ0v) is 14.5. The first-order valence-corrected chi connectivity index (χ1v) is 8.40. The van der Waals surface area contributed by atoms with E-state index in [0.29, 0.717) is 6.54 Å². The molecule has 0 aliphatic rings. The standard InChI is InChI=1S/C18H19N3O2S/c1-22-15-8-14(9-16(11-15)23-2)12-19-18-21-20-17(24-18)10-13-6-4-3-5-7-13/h3-9,11H,10,12H2,1-2H3,(H,19,21). The summed E-state index contributed by atoms with van der Waals surface area (Å²) in [5, 5.41) is 13.6. The molecule has 0 aliphatic heterocycles. The monoisotopic (exact) mass is 341 g/mol. The SMILES string of the molecule is COc1cc(CNc2nnc(Cc3ccccc3)s2)cc(OC)c1. The van der Waals surface area contributed by atoms with Gasteiger partial charge in [-0.1, -0.05) is 41.7 Å². The van der Waals surface area contributed by atoms with Crippen LogP contribution < -0.4 is 14.8 Å². The second-order valence-electron chi connectivity index (χ2n) is 5.24. The molecule has 0 spiro atoms. The topological polar surface area (TPSA) is 56.3 Å². The molecule has 24 heavy (non-hydrogen) atoms. The van der Waals surface area contributed by atoms with Crippen LogP contribution in [0.4, 0.5) is 5.13 Å². The summed E-state index contributed by atoms with van der Waals surface area (Å²) in [5.41, 5.74) is 2.30. The van der Waals surface area contributed by atoms with Gasteiger partial charge in [0.25, 0.3) is 0 Å². The molecule has 1 aromatic heterocycles. The molecule has 5 nitrogen and oxygen atoms in total. The summed E-state index contributed by atoms with van der Waals surface area (Å²) in [5.74, 6) is 1.54. The Bertz CT molecular complexity index is 768. The highest BCUT2D eigenvalue weighted by atomic mass is 32.1. The maximum absolute atomic E-state index is 5.29. The van der Waals surface area contributed by atoms with Crippen LogP contribution in [0.15, 0.2) is 48.5 Å². The summed E-state index contributed by atoms with van der Waals surface area (Å²) in [7, 11) is 3.29. The lowest BCUT2D eigenvalue weighted by molar-refractivity contribution is 0.393. The second kappa shape index (κ2) is 7.79. The summed E-state index contributed by atoms with van der Waals surface area (Å²) in [6, 6.07) is 16.1. The first kappa shape index (κ1) is 16.3. The van der Waals surface area contributed by atoms with Gasteiger partial charge in [0.1, 0.15) is 16.5 Å². The van der Waals surface area contributed by atoms with Crippen molar-refractivity contribution >= 4 is 16.5 Å². The van der Waals surface area contributed by atoms with Crippen molar-refractivity contribution in [2.45, 2.75) is 13.0 Å². The van der Waals surface area contributed by atoms with E-state index < -0.39 is 0 Å². The Balaban J connectivity index is 1.63. The molecule has 0 unspecified atom stereocenters. The van der Waals surface area contributed by atoms with Crippen LogP contribution in [0.25, 0.3) is 0 Å². The Morgan fingerprint density at radius 1 is 0.917 bits per heavy atom. The molecule has 0 atom stereocenters. The minimum absolute atomic E-state index is 0.632. The van der Waals surface area contributed by atoms with Gasteiger partial charge in [0, 0.05) is 19.0 Å². The number of nitrogens with one attached hydrogen (secondary N) is 1. The molecule has 0 amide bonds. The molecule has 2 aromatic carbocycles. The maximum atomic E-state index is 5.29. The van der Waals surface area contributed by atoms with Gasteiger partial charge in [-0.2, -0.15) is 0 Å². The van der Waals surface area contributed by atoms with E-state index in [4.69, 9.17) is 9.47 Å². The average Bonchev–Trinajstić information content (AvgIpc) is 3.08. The lowest BCUT2D eigenvalue weighted by atomic mass is 10.2. The zero-order valence-electron chi connectivity index (χ0n) is 13.7. The third-order valence-electron chi connectivity index (χ3n) is 3.52. The Kier molecular flexibility index (Phi) is 5.28.